The van der Waals surface area contributed by atoms with Gasteiger partial charge in [-0.1, -0.05) is 15.9 Å². The maximum atomic E-state index is 12.7. The van der Waals surface area contributed by atoms with Gasteiger partial charge in [0.25, 0.3) is 5.91 Å². The zero-order valence-corrected chi connectivity index (χ0v) is 12.9. The molecule has 0 atom stereocenters. The van der Waals surface area contributed by atoms with Crippen molar-refractivity contribution in [1.82, 2.24) is 4.90 Å². The van der Waals surface area contributed by atoms with E-state index in [1.807, 2.05) is 17.0 Å². The van der Waals surface area contributed by atoms with Gasteiger partial charge in [0.15, 0.2) is 11.5 Å². The number of fused-ring (bicyclic) bond motifs is 1. The Hall–Kier alpha value is -1.23. The van der Waals surface area contributed by atoms with Crippen LogP contribution in [0.2, 0.25) is 0 Å². The number of halogens is 1. The lowest BCUT2D eigenvalue weighted by molar-refractivity contribution is 0.0598. The molecule has 1 amide bonds. The van der Waals surface area contributed by atoms with Gasteiger partial charge >= 0.3 is 0 Å². The molecule has 108 valence electrons. The lowest BCUT2D eigenvalue weighted by Gasteiger charge is -2.37. The minimum Gasteiger partial charge on any atom is -0.486 e. The summed E-state index contributed by atoms with van der Waals surface area (Å²) in [6, 6.07) is 5.86. The van der Waals surface area contributed by atoms with E-state index in [1.54, 1.807) is 6.07 Å². The average molecular weight is 340 g/mol. The van der Waals surface area contributed by atoms with Crippen molar-refractivity contribution in [3.8, 4) is 11.5 Å². The van der Waals surface area contributed by atoms with E-state index in [4.69, 9.17) is 9.47 Å². The second-order valence-electron chi connectivity index (χ2n) is 5.13. The van der Waals surface area contributed by atoms with E-state index in [1.165, 1.54) is 6.42 Å². The van der Waals surface area contributed by atoms with Gasteiger partial charge in [-0.05, 0) is 37.5 Å². The minimum atomic E-state index is 0.0890. The largest absolute Gasteiger partial charge is 0.486 e. The van der Waals surface area contributed by atoms with E-state index in [0.717, 1.165) is 30.5 Å². The quantitative estimate of drug-likeness (QED) is 0.791. The summed E-state index contributed by atoms with van der Waals surface area (Å²) < 4.78 is 11.0. The van der Waals surface area contributed by atoms with Gasteiger partial charge in [-0.3, -0.25) is 4.79 Å². The van der Waals surface area contributed by atoms with Crippen LogP contribution in [0, 0.1) is 0 Å². The first kappa shape index (κ1) is 13.7. The number of benzene rings is 1. The zero-order valence-electron chi connectivity index (χ0n) is 11.3. The molecule has 1 aromatic carbocycles. The standard InChI is InChI=1S/C15H18BrNO3/c16-6-7-17(12-2-1-3-12)15(18)11-4-5-13-14(10-11)20-9-8-19-13/h4-5,10,12H,1-3,6-9H2. The van der Waals surface area contributed by atoms with Crippen LogP contribution in [0.4, 0.5) is 0 Å². The van der Waals surface area contributed by atoms with Crippen molar-refractivity contribution in [2.75, 3.05) is 25.1 Å². The van der Waals surface area contributed by atoms with E-state index in [9.17, 15) is 4.79 Å². The molecule has 3 rings (SSSR count). The van der Waals surface area contributed by atoms with Crippen molar-refractivity contribution in [3.63, 3.8) is 0 Å². The highest BCUT2D eigenvalue weighted by atomic mass is 79.9. The van der Waals surface area contributed by atoms with E-state index in [0.29, 0.717) is 30.6 Å². The fourth-order valence-electron chi connectivity index (χ4n) is 2.58. The molecule has 0 saturated heterocycles. The normalized spacial score (nSPS) is 17.4. The van der Waals surface area contributed by atoms with Crippen molar-refractivity contribution >= 4 is 21.8 Å². The number of amides is 1. The molecule has 0 N–H and O–H groups in total. The molecule has 4 nitrogen and oxygen atoms in total. The van der Waals surface area contributed by atoms with E-state index in [2.05, 4.69) is 15.9 Å². The number of hydrogen-bond donors (Lipinski definition) is 0. The molecule has 2 aliphatic rings. The number of carbonyl (C=O) groups is 1. The first-order valence-electron chi connectivity index (χ1n) is 7.06. The minimum absolute atomic E-state index is 0.0890. The Morgan fingerprint density at radius 2 is 2.00 bits per heavy atom. The molecule has 1 saturated carbocycles. The maximum absolute atomic E-state index is 12.7. The van der Waals surface area contributed by atoms with Crippen molar-refractivity contribution in [2.45, 2.75) is 25.3 Å². The molecule has 20 heavy (non-hydrogen) atoms. The summed E-state index contributed by atoms with van der Waals surface area (Å²) in [6.45, 7) is 1.86. The summed E-state index contributed by atoms with van der Waals surface area (Å²) in [6.07, 6.45) is 3.45. The Morgan fingerprint density at radius 1 is 1.25 bits per heavy atom. The Labute approximate surface area is 127 Å². The number of carbonyl (C=O) groups excluding carboxylic acids is 1. The van der Waals surface area contributed by atoms with Gasteiger partial charge in [-0.15, -0.1) is 0 Å². The number of hydrogen-bond acceptors (Lipinski definition) is 3. The van der Waals surface area contributed by atoms with Gasteiger partial charge in [0.1, 0.15) is 13.2 Å². The molecule has 1 aliphatic carbocycles. The predicted octanol–water partition coefficient (Wildman–Crippen LogP) is 2.85. The van der Waals surface area contributed by atoms with Crippen LogP contribution in [-0.4, -0.2) is 41.9 Å². The monoisotopic (exact) mass is 339 g/mol. The Balaban J connectivity index is 1.81. The summed E-state index contributed by atoms with van der Waals surface area (Å²) in [5, 5.41) is 0.805. The summed E-state index contributed by atoms with van der Waals surface area (Å²) in [5.41, 5.74) is 0.683. The van der Waals surface area contributed by atoms with Crippen molar-refractivity contribution in [3.05, 3.63) is 23.8 Å². The molecule has 0 spiro atoms. The molecule has 5 heteroatoms. The molecule has 0 radical (unpaired) electrons. The lowest BCUT2D eigenvalue weighted by Crippen LogP contribution is -2.45. The van der Waals surface area contributed by atoms with E-state index < -0.39 is 0 Å². The highest BCUT2D eigenvalue weighted by Gasteiger charge is 2.29. The SMILES string of the molecule is O=C(c1ccc2c(c1)OCCO2)N(CCBr)C1CCC1. The maximum Gasteiger partial charge on any atom is 0.254 e. The molecule has 1 heterocycles. The zero-order chi connectivity index (χ0) is 13.9. The Bertz CT molecular complexity index is 502. The van der Waals surface area contributed by atoms with Crippen molar-refractivity contribution in [2.24, 2.45) is 0 Å². The van der Waals surface area contributed by atoms with Crippen LogP contribution >= 0.6 is 15.9 Å². The summed E-state index contributed by atoms with van der Waals surface area (Å²) >= 11 is 3.43. The van der Waals surface area contributed by atoms with Crippen LogP contribution < -0.4 is 9.47 Å². The van der Waals surface area contributed by atoms with Gasteiger partial charge in [0, 0.05) is 23.5 Å². The van der Waals surface area contributed by atoms with Crippen LogP contribution in [-0.2, 0) is 0 Å². The third-order valence-electron chi connectivity index (χ3n) is 3.89. The van der Waals surface area contributed by atoms with Crippen molar-refractivity contribution < 1.29 is 14.3 Å². The van der Waals surface area contributed by atoms with Gasteiger partial charge < -0.3 is 14.4 Å². The van der Waals surface area contributed by atoms with E-state index in [-0.39, 0.29) is 5.91 Å². The topological polar surface area (TPSA) is 38.8 Å². The van der Waals surface area contributed by atoms with Gasteiger partial charge in [-0.2, -0.15) is 0 Å². The average Bonchev–Trinajstić information content (AvgIpc) is 2.43. The molecular weight excluding hydrogens is 322 g/mol. The van der Waals surface area contributed by atoms with Gasteiger partial charge in [0.2, 0.25) is 0 Å². The van der Waals surface area contributed by atoms with Crippen LogP contribution in [0.1, 0.15) is 29.6 Å². The van der Waals surface area contributed by atoms with Gasteiger partial charge in [0.05, 0.1) is 0 Å². The fraction of sp³-hybridized carbons (Fsp3) is 0.533. The number of ether oxygens (including phenoxy) is 2. The molecule has 1 fully saturated rings. The molecular formula is C15H18BrNO3. The summed E-state index contributed by atoms with van der Waals surface area (Å²) in [5.74, 6) is 1.49. The summed E-state index contributed by atoms with van der Waals surface area (Å²) in [7, 11) is 0. The molecule has 0 bridgehead atoms. The summed E-state index contributed by atoms with van der Waals surface area (Å²) in [4.78, 5) is 14.6. The second kappa shape index (κ2) is 6.04. The number of nitrogens with zero attached hydrogens (tertiary/aromatic N) is 1. The Kier molecular flexibility index (Phi) is 4.15. The predicted molar refractivity (Wildman–Crippen MR) is 79.9 cm³/mol. The number of rotatable bonds is 4. The van der Waals surface area contributed by atoms with Gasteiger partial charge in [-0.25, -0.2) is 0 Å². The first-order chi connectivity index (χ1) is 9.79. The highest BCUT2D eigenvalue weighted by Crippen LogP contribution is 2.32. The van der Waals surface area contributed by atoms with Crippen molar-refractivity contribution in [1.29, 1.82) is 0 Å². The van der Waals surface area contributed by atoms with Crippen LogP contribution in [0.15, 0.2) is 18.2 Å². The molecule has 1 aromatic rings. The number of alkyl halides is 1. The third-order valence-corrected chi connectivity index (χ3v) is 4.25. The molecule has 1 aliphatic heterocycles. The van der Waals surface area contributed by atoms with Crippen LogP contribution in [0.5, 0.6) is 11.5 Å². The fourth-order valence-corrected chi connectivity index (χ4v) is 2.96. The first-order valence-corrected chi connectivity index (χ1v) is 8.18. The van der Waals surface area contributed by atoms with Crippen LogP contribution in [0.3, 0.4) is 0 Å². The van der Waals surface area contributed by atoms with Crippen LogP contribution in [0.25, 0.3) is 0 Å². The Morgan fingerprint density at radius 3 is 2.65 bits per heavy atom. The molecule has 0 aromatic heterocycles. The smallest absolute Gasteiger partial charge is 0.254 e. The third kappa shape index (κ3) is 2.64. The van der Waals surface area contributed by atoms with E-state index >= 15 is 0 Å². The lowest BCUT2D eigenvalue weighted by atomic mass is 9.91. The molecule has 0 unspecified atom stereocenters. The second-order valence-corrected chi connectivity index (χ2v) is 5.92. The highest BCUT2D eigenvalue weighted by molar-refractivity contribution is 9.09.